The van der Waals surface area contributed by atoms with Gasteiger partial charge in [0.1, 0.15) is 0 Å². The van der Waals surface area contributed by atoms with Crippen molar-refractivity contribution in [2.75, 3.05) is 5.73 Å². The summed E-state index contributed by atoms with van der Waals surface area (Å²) in [5.74, 6) is 0.396. The maximum Gasteiger partial charge on any atom is 0.226 e. The molecule has 0 radical (unpaired) electrons. The Morgan fingerprint density at radius 3 is 2.11 bits per heavy atom. The van der Waals surface area contributed by atoms with Gasteiger partial charge in [0, 0.05) is 24.2 Å². The molecule has 0 bridgehead atoms. The zero-order chi connectivity index (χ0) is 14.4. The molecule has 3 heteroatoms. The molecule has 1 aromatic carbocycles. The van der Waals surface area contributed by atoms with Gasteiger partial charge in [0.05, 0.1) is 0 Å². The number of rotatable bonds is 6. The van der Waals surface area contributed by atoms with Gasteiger partial charge in [-0.15, -0.1) is 0 Å². The lowest BCUT2D eigenvalue weighted by atomic mass is 10.0. The molecule has 0 heterocycles. The molecular formula is C16H26N2O. The van der Waals surface area contributed by atoms with Crippen molar-refractivity contribution in [2.24, 2.45) is 5.92 Å². The minimum atomic E-state index is 0.135. The van der Waals surface area contributed by atoms with Gasteiger partial charge in [-0.2, -0.15) is 0 Å². The predicted octanol–water partition coefficient (Wildman–Crippen LogP) is 3.44. The van der Waals surface area contributed by atoms with E-state index >= 15 is 0 Å². The summed E-state index contributed by atoms with van der Waals surface area (Å²) in [5.41, 5.74) is 7.57. The minimum absolute atomic E-state index is 0.135. The average Bonchev–Trinajstić information content (AvgIpc) is 2.38. The van der Waals surface area contributed by atoms with Gasteiger partial charge in [-0.25, -0.2) is 0 Å². The first-order valence-corrected chi connectivity index (χ1v) is 7.14. The first kappa shape index (κ1) is 15.5. The summed E-state index contributed by atoms with van der Waals surface area (Å²) < 4.78 is 0. The van der Waals surface area contributed by atoms with E-state index in [0.29, 0.717) is 6.54 Å². The molecule has 0 unspecified atom stereocenters. The number of nitrogens with zero attached hydrogens (tertiary/aromatic N) is 1. The van der Waals surface area contributed by atoms with Crippen LogP contribution in [0.2, 0.25) is 0 Å². The Morgan fingerprint density at radius 1 is 1.16 bits per heavy atom. The molecule has 0 atom stereocenters. The van der Waals surface area contributed by atoms with Crippen LogP contribution < -0.4 is 5.73 Å². The van der Waals surface area contributed by atoms with Crippen LogP contribution in [-0.4, -0.2) is 16.8 Å². The van der Waals surface area contributed by atoms with E-state index in [-0.39, 0.29) is 17.9 Å². The van der Waals surface area contributed by atoms with E-state index in [1.807, 2.05) is 29.2 Å². The fraction of sp³-hybridized carbons (Fsp3) is 0.562. The fourth-order valence-corrected chi connectivity index (χ4v) is 2.21. The van der Waals surface area contributed by atoms with Crippen LogP contribution in [0.15, 0.2) is 24.3 Å². The zero-order valence-corrected chi connectivity index (χ0v) is 12.5. The molecule has 0 saturated heterocycles. The van der Waals surface area contributed by atoms with Gasteiger partial charge >= 0.3 is 0 Å². The number of carbonyl (C=O) groups is 1. The third kappa shape index (κ3) is 4.27. The topological polar surface area (TPSA) is 46.3 Å². The summed E-state index contributed by atoms with van der Waals surface area (Å²) in [5, 5.41) is 0. The maximum absolute atomic E-state index is 12.5. The van der Waals surface area contributed by atoms with Gasteiger partial charge in [-0.05, 0) is 44.4 Å². The van der Waals surface area contributed by atoms with Crippen LogP contribution in [0.5, 0.6) is 0 Å². The Bertz CT molecular complexity index is 394. The van der Waals surface area contributed by atoms with Crippen LogP contribution >= 0.6 is 0 Å². The van der Waals surface area contributed by atoms with E-state index in [2.05, 4.69) is 27.7 Å². The molecule has 0 aliphatic carbocycles. The Balaban J connectivity index is 2.83. The number of nitrogen functional groups attached to an aromatic ring is 1. The Kier molecular flexibility index (Phi) is 5.87. The van der Waals surface area contributed by atoms with Gasteiger partial charge in [0.2, 0.25) is 5.91 Å². The number of hydrogen-bond acceptors (Lipinski definition) is 2. The maximum atomic E-state index is 12.5. The number of anilines is 1. The number of amides is 1. The smallest absolute Gasteiger partial charge is 0.226 e. The molecule has 0 fully saturated rings. The van der Waals surface area contributed by atoms with Gasteiger partial charge in [-0.3, -0.25) is 4.79 Å². The van der Waals surface area contributed by atoms with Gasteiger partial charge < -0.3 is 10.6 Å². The lowest BCUT2D eigenvalue weighted by molar-refractivity contribution is -0.138. The van der Waals surface area contributed by atoms with Crippen molar-refractivity contribution < 1.29 is 4.79 Å². The standard InChI is InChI=1S/C16H26N2O/c1-5-14(6-2)16(19)18(12(3)4)11-13-7-9-15(17)10-8-13/h7-10,12,14H,5-6,11,17H2,1-4H3. The molecule has 1 amide bonds. The van der Waals surface area contributed by atoms with E-state index in [4.69, 9.17) is 5.73 Å². The highest BCUT2D eigenvalue weighted by atomic mass is 16.2. The number of carbonyl (C=O) groups excluding carboxylic acids is 1. The number of hydrogen-bond donors (Lipinski definition) is 1. The van der Waals surface area contributed by atoms with Crippen molar-refractivity contribution >= 4 is 11.6 Å². The van der Waals surface area contributed by atoms with Crippen LogP contribution in [0.25, 0.3) is 0 Å². The summed E-state index contributed by atoms with van der Waals surface area (Å²) >= 11 is 0. The number of nitrogens with two attached hydrogens (primary N) is 1. The van der Waals surface area contributed by atoms with Crippen LogP contribution in [0.4, 0.5) is 5.69 Å². The van der Waals surface area contributed by atoms with Crippen LogP contribution in [0, 0.1) is 5.92 Å². The predicted molar refractivity (Wildman–Crippen MR) is 80.6 cm³/mol. The monoisotopic (exact) mass is 262 g/mol. The van der Waals surface area contributed by atoms with E-state index in [1.165, 1.54) is 0 Å². The molecule has 0 aliphatic rings. The van der Waals surface area contributed by atoms with E-state index in [1.54, 1.807) is 0 Å². The van der Waals surface area contributed by atoms with Gasteiger partial charge in [-0.1, -0.05) is 26.0 Å². The van der Waals surface area contributed by atoms with Crippen molar-refractivity contribution in [1.82, 2.24) is 4.90 Å². The first-order chi connectivity index (χ1) is 8.99. The van der Waals surface area contributed by atoms with E-state index in [9.17, 15) is 4.79 Å². The second-order valence-electron chi connectivity index (χ2n) is 5.31. The zero-order valence-electron chi connectivity index (χ0n) is 12.5. The Hall–Kier alpha value is -1.51. The Labute approximate surface area is 116 Å². The van der Waals surface area contributed by atoms with Crippen LogP contribution in [0.3, 0.4) is 0 Å². The van der Waals surface area contributed by atoms with E-state index in [0.717, 1.165) is 24.1 Å². The fourth-order valence-electron chi connectivity index (χ4n) is 2.21. The Morgan fingerprint density at radius 2 is 1.68 bits per heavy atom. The summed E-state index contributed by atoms with van der Waals surface area (Å²) in [4.78, 5) is 14.5. The first-order valence-electron chi connectivity index (χ1n) is 7.14. The lowest BCUT2D eigenvalue weighted by Crippen LogP contribution is -2.40. The summed E-state index contributed by atoms with van der Waals surface area (Å²) in [7, 11) is 0. The summed E-state index contributed by atoms with van der Waals surface area (Å²) in [6, 6.07) is 7.96. The van der Waals surface area contributed by atoms with Crippen molar-refractivity contribution in [3.05, 3.63) is 29.8 Å². The van der Waals surface area contributed by atoms with E-state index < -0.39 is 0 Å². The highest BCUT2D eigenvalue weighted by molar-refractivity contribution is 5.79. The summed E-state index contributed by atoms with van der Waals surface area (Å²) in [6.45, 7) is 8.95. The quantitative estimate of drug-likeness (QED) is 0.798. The normalized spacial score (nSPS) is 11.1. The number of benzene rings is 1. The molecular weight excluding hydrogens is 236 g/mol. The third-order valence-electron chi connectivity index (χ3n) is 3.57. The largest absolute Gasteiger partial charge is 0.399 e. The second kappa shape index (κ2) is 7.17. The molecule has 19 heavy (non-hydrogen) atoms. The van der Waals surface area contributed by atoms with Crippen LogP contribution in [-0.2, 0) is 11.3 Å². The highest BCUT2D eigenvalue weighted by Gasteiger charge is 2.23. The molecule has 106 valence electrons. The SMILES string of the molecule is CCC(CC)C(=O)N(Cc1ccc(N)cc1)C(C)C. The van der Waals surface area contributed by atoms with Crippen molar-refractivity contribution in [2.45, 2.75) is 53.1 Å². The highest BCUT2D eigenvalue weighted by Crippen LogP contribution is 2.17. The lowest BCUT2D eigenvalue weighted by Gasteiger charge is -2.30. The van der Waals surface area contributed by atoms with Crippen molar-refractivity contribution in [1.29, 1.82) is 0 Å². The second-order valence-corrected chi connectivity index (χ2v) is 5.31. The molecule has 0 saturated carbocycles. The molecule has 3 nitrogen and oxygen atoms in total. The van der Waals surface area contributed by atoms with Crippen molar-refractivity contribution in [3.63, 3.8) is 0 Å². The third-order valence-corrected chi connectivity index (χ3v) is 3.57. The minimum Gasteiger partial charge on any atom is -0.399 e. The average molecular weight is 262 g/mol. The van der Waals surface area contributed by atoms with Gasteiger partial charge in [0.15, 0.2) is 0 Å². The van der Waals surface area contributed by atoms with Crippen LogP contribution in [0.1, 0.15) is 46.1 Å². The molecule has 0 aromatic heterocycles. The molecule has 1 rings (SSSR count). The molecule has 1 aromatic rings. The molecule has 2 N–H and O–H groups in total. The molecule has 0 spiro atoms. The summed E-state index contributed by atoms with van der Waals surface area (Å²) in [6.07, 6.45) is 1.81. The molecule has 0 aliphatic heterocycles. The van der Waals surface area contributed by atoms with Crippen molar-refractivity contribution in [3.8, 4) is 0 Å². The van der Waals surface area contributed by atoms with Gasteiger partial charge in [0.25, 0.3) is 0 Å².